The van der Waals surface area contributed by atoms with E-state index in [0.717, 1.165) is 38.5 Å². The van der Waals surface area contributed by atoms with Crippen molar-refractivity contribution in [2.45, 2.75) is 347 Å². The first-order valence-corrected chi connectivity index (χ1v) is 32.0. The van der Waals surface area contributed by atoms with Crippen molar-refractivity contribution >= 4 is 71.1 Å². The number of unbranched alkanes of at least 4 members (excludes halogenated alkanes) is 36. The van der Waals surface area contributed by atoms with Crippen LogP contribution in [0.5, 0.6) is 0 Å². The minimum absolute atomic E-state index is 0. The second kappa shape index (κ2) is 64.8. The fraction of sp³-hybridized carbons (Fsp3) is 0.857. The van der Waals surface area contributed by atoms with Crippen LogP contribution < -0.4 is 32.5 Å². The topological polar surface area (TPSA) is 329 Å². The van der Waals surface area contributed by atoms with E-state index in [0.29, 0.717) is 19.3 Å². The Morgan fingerprint density at radius 3 is 0.561 bits per heavy atom. The fourth-order valence-corrected chi connectivity index (χ4v) is 8.75. The first-order valence-electron chi connectivity index (χ1n) is 32.0. The summed E-state index contributed by atoms with van der Waals surface area (Å²) in [5.74, 6) is -8.21. The Balaban J connectivity index is -0.000000553. The van der Waals surface area contributed by atoms with Crippen molar-refractivity contribution in [2.75, 3.05) is 0 Å². The molecule has 19 heteroatoms. The molecule has 0 bridgehead atoms. The molecule has 6 N–H and O–H groups in total. The SMILES string of the molecule is CCCCCCCCCCCCCCCC(=O)OC(=O)C(N)CCC(=O)[O-].CCCCCCCCCCCCCCCC(=O)OC(=O)C(N)CCC(=O)[O-].CCCCCCCCCCCCCCCC(=O)OC(=O)C(N)CCC(=O)[O-].[Al+3]. The molecule has 0 rings (SSSR count). The van der Waals surface area contributed by atoms with Crippen LogP contribution in [0.3, 0.4) is 0 Å². The van der Waals surface area contributed by atoms with Crippen LogP contribution in [0, 0.1) is 0 Å². The van der Waals surface area contributed by atoms with Gasteiger partial charge in [-0.25, -0.2) is 14.4 Å². The molecule has 18 nitrogen and oxygen atoms in total. The average Bonchev–Trinajstić information content (AvgIpc) is 3.42. The van der Waals surface area contributed by atoms with Gasteiger partial charge in [-0.1, -0.05) is 252 Å². The maximum Gasteiger partial charge on any atom is 3.00 e. The molecule has 474 valence electrons. The summed E-state index contributed by atoms with van der Waals surface area (Å²) in [6, 6.07) is -3.30. The summed E-state index contributed by atoms with van der Waals surface area (Å²) < 4.78 is 13.9. The Morgan fingerprint density at radius 2 is 0.415 bits per heavy atom. The van der Waals surface area contributed by atoms with Gasteiger partial charge in [-0.3, -0.25) is 14.4 Å². The van der Waals surface area contributed by atoms with E-state index in [4.69, 9.17) is 17.2 Å². The van der Waals surface area contributed by atoms with Crippen molar-refractivity contribution in [2.24, 2.45) is 17.2 Å². The predicted molar refractivity (Wildman–Crippen MR) is 317 cm³/mol. The van der Waals surface area contributed by atoms with Crippen molar-refractivity contribution in [1.82, 2.24) is 0 Å². The van der Waals surface area contributed by atoms with Crippen LogP contribution in [-0.4, -0.2) is 89.2 Å². The zero-order valence-corrected chi connectivity index (χ0v) is 52.8. The number of nitrogens with two attached hydrogens (primary N) is 3. The predicted octanol–water partition coefficient (Wildman–Crippen LogP) is 9.80. The summed E-state index contributed by atoms with van der Waals surface area (Å²) >= 11 is 0. The molecule has 0 aromatic rings. The second-order valence-electron chi connectivity index (χ2n) is 21.9. The summed E-state index contributed by atoms with van der Waals surface area (Å²) in [6.07, 6.45) is 46.8. The van der Waals surface area contributed by atoms with Gasteiger partial charge in [0.15, 0.2) is 0 Å². The van der Waals surface area contributed by atoms with Crippen molar-refractivity contribution in [3.8, 4) is 0 Å². The zero-order valence-electron chi connectivity index (χ0n) is 51.6. The number of aliphatic carboxylic acids is 3. The van der Waals surface area contributed by atoms with E-state index in [2.05, 4.69) is 35.0 Å². The minimum atomic E-state index is -1.28. The maximum atomic E-state index is 11.6. The molecule has 0 amide bonds. The largest absolute Gasteiger partial charge is 3.00 e. The molecule has 0 aliphatic carbocycles. The van der Waals surface area contributed by atoms with Crippen molar-refractivity contribution in [1.29, 1.82) is 0 Å². The third kappa shape index (κ3) is 67.0. The molecule has 3 atom stereocenters. The molecule has 0 saturated heterocycles. The van der Waals surface area contributed by atoms with E-state index >= 15 is 0 Å². The average molecular weight is 1180 g/mol. The number of carbonyl (C=O) groups is 9. The van der Waals surface area contributed by atoms with E-state index < -0.39 is 71.8 Å². The first-order chi connectivity index (χ1) is 38.9. The molecule has 0 spiro atoms. The van der Waals surface area contributed by atoms with Gasteiger partial charge >= 0.3 is 53.2 Å². The summed E-state index contributed by atoms with van der Waals surface area (Å²) in [4.78, 5) is 100. The standard InChI is InChI=1S/3C21H39NO5.Al/c3*1-2-3-4-5-6-7-8-9-10-11-12-13-14-15-20(25)27-21(26)18(22)16-17-19(23)24;/h3*18H,2-17,22H2,1H3,(H,23,24);/q;;;+3/p-3. The summed E-state index contributed by atoms with van der Waals surface area (Å²) in [7, 11) is 0. The second-order valence-corrected chi connectivity index (χ2v) is 21.9. The minimum Gasteiger partial charge on any atom is -0.550 e. The van der Waals surface area contributed by atoms with Crippen LogP contribution in [0.15, 0.2) is 0 Å². The molecule has 0 aliphatic rings. The van der Waals surface area contributed by atoms with Crippen LogP contribution in [0.1, 0.15) is 329 Å². The number of esters is 6. The number of hydrogen-bond donors (Lipinski definition) is 3. The maximum absolute atomic E-state index is 11.6. The number of hydrogen-bond acceptors (Lipinski definition) is 18. The molecular formula is C63H114AlN3O15. The molecule has 0 aromatic carbocycles. The number of carboxylic acid groups (broad SMARTS) is 3. The third-order valence-corrected chi connectivity index (χ3v) is 14.0. The summed E-state index contributed by atoms with van der Waals surface area (Å²) in [5, 5.41) is 30.9. The first kappa shape index (κ1) is 84.7. The number of carbonyl (C=O) groups excluding carboxylic acids is 9. The summed E-state index contributed by atoms with van der Waals surface area (Å²) in [6.45, 7) is 6.71. The van der Waals surface area contributed by atoms with E-state index in [1.807, 2.05) is 0 Å². The molecule has 0 heterocycles. The molecule has 0 aliphatic heterocycles. The van der Waals surface area contributed by atoms with Gasteiger partial charge in [-0.15, -0.1) is 0 Å². The molecule has 3 unspecified atom stereocenters. The molecule has 0 radical (unpaired) electrons. The van der Waals surface area contributed by atoms with E-state index in [-0.39, 0.29) is 75.1 Å². The normalized spacial score (nSPS) is 11.8. The van der Waals surface area contributed by atoms with Gasteiger partial charge in [-0.2, -0.15) is 0 Å². The van der Waals surface area contributed by atoms with Gasteiger partial charge in [0.2, 0.25) is 0 Å². The van der Waals surface area contributed by atoms with Gasteiger partial charge in [0.05, 0.1) is 0 Å². The zero-order chi connectivity index (χ0) is 61.0. The van der Waals surface area contributed by atoms with E-state index in [1.54, 1.807) is 0 Å². The van der Waals surface area contributed by atoms with Crippen LogP contribution in [0.4, 0.5) is 0 Å². The number of ether oxygens (including phenoxy) is 3. The summed E-state index contributed by atoms with van der Waals surface area (Å²) in [5.41, 5.74) is 16.4. The van der Waals surface area contributed by atoms with Gasteiger partial charge in [0.25, 0.3) is 0 Å². The van der Waals surface area contributed by atoms with Crippen LogP contribution in [0.25, 0.3) is 0 Å². The van der Waals surface area contributed by atoms with Crippen molar-refractivity contribution in [3.05, 3.63) is 0 Å². The fourth-order valence-electron chi connectivity index (χ4n) is 8.75. The monoisotopic (exact) mass is 1180 g/mol. The molecule has 0 aromatic heterocycles. The Hall–Kier alpha value is -3.76. The van der Waals surface area contributed by atoms with Crippen LogP contribution in [0.2, 0.25) is 0 Å². The van der Waals surface area contributed by atoms with E-state index in [1.165, 1.54) is 193 Å². The Morgan fingerprint density at radius 1 is 0.268 bits per heavy atom. The Kier molecular flexibility index (Phi) is 66.9. The smallest absolute Gasteiger partial charge is 0.550 e. The van der Waals surface area contributed by atoms with Crippen molar-refractivity contribution in [3.63, 3.8) is 0 Å². The van der Waals surface area contributed by atoms with Crippen LogP contribution >= 0.6 is 0 Å². The molecular weight excluding hydrogens is 1070 g/mol. The Bertz CT molecular complexity index is 1420. The quantitative estimate of drug-likeness (QED) is 0.0168. The number of rotatable bonds is 54. The Labute approximate surface area is 505 Å². The van der Waals surface area contributed by atoms with Crippen molar-refractivity contribution < 1.29 is 72.7 Å². The molecule has 82 heavy (non-hydrogen) atoms. The van der Waals surface area contributed by atoms with Gasteiger partial charge in [0.1, 0.15) is 18.1 Å². The molecule has 0 fully saturated rings. The van der Waals surface area contributed by atoms with Crippen LogP contribution in [-0.2, 0) is 57.4 Å². The third-order valence-electron chi connectivity index (χ3n) is 14.0. The van der Waals surface area contributed by atoms with Gasteiger partial charge in [-0.05, 0) is 57.8 Å². The molecule has 0 saturated carbocycles. The van der Waals surface area contributed by atoms with Gasteiger partial charge in [0, 0.05) is 37.2 Å². The van der Waals surface area contributed by atoms with Gasteiger partial charge < -0.3 is 61.1 Å². The van der Waals surface area contributed by atoms with E-state index in [9.17, 15) is 58.5 Å². The number of carboxylic acids is 3.